The van der Waals surface area contributed by atoms with Gasteiger partial charge in [0.05, 0.1) is 18.0 Å². The van der Waals surface area contributed by atoms with Gasteiger partial charge in [-0.2, -0.15) is 5.10 Å². The minimum absolute atomic E-state index is 0.00599. The Morgan fingerprint density at radius 2 is 1.87 bits per heavy atom. The molecule has 0 spiro atoms. The van der Waals surface area contributed by atoms with Gasteiger partial charge in [-0.05, 0) is 43.2 Å². The van der Waals surface area contributed by atoms with Crippen molar-refractivity contribution in [2.45, 2.75) is 60.2 Å². The SMILES string of the molecule is CCOC(=O)C(=O)N(C(=O)C1C(C)=NN(C)C1F)c1ccccc1C(C)CC(C)(C)C. The third-order valence-corrected chi connectivity index (χ3v) is 5.16. The van der Waals surface area contributed by atoms with Crippen molar-refractivity contribution in [2.24, 2.45) is 16.4 Å². The molecule has 2 rings (SSSR count). The number of anilines is 1. The number of amides is 2. The minimum Gasteiger partial charge on any atom is -0.459 e. The fourth-order valence-electron chi connectivity index (χ4n) is 3.97. The Labute approximate surface area is 183 Å². The molecule has 0 saturated heterocycles. The van der Waals surface area contributed by atoms with Gasteiger partial charge in [0.2, 0.25) is 12.2 Å². The zero-order valence-electron chi connectivity index (χ0n) is 19.3. The molecule has 0 radical (unpaired) electrons. The van der Waals surface area contributed by atoms with E-state index in [0.29, 0.717) is 0 Å². The topological polar surface area (TPSA) is 79.3 Å². The van der Waals surface area contributed by atoms with E-state index in [1.165, 1.54) is 14.0 Å². The molecular weight excluding hydrogens is 401 g/mol. The number of benzene rings is 1. The normalized spacial score (nSPS) is 19.6. The standard InChI is InChI=1S/C23H32FN3O4/c1-8-31-22(30)21(29)27(20(28)18-15(3)25-26(7)19(18)24)17-12-10-9-11-16(17)14(2)13-23(4,5)6/h9-12,14,18-19H,8,13H2,1-7H3. The Kier molecular flexibility index (Phi) is 7.57. The maximum atomic E-state index is 14.8. The molecule has 3 unspecified atom stereocenters. The third-order valence-electron chi connectivity index (χ3n) is 5.16. The summed E-state index contributed by atoms with van der Waals surface area (Å²) in [6.07, 6.45) is -0.956. The number of carbonyl (C=O) groups is 3. The molecule has 3 atom stereocenters. The van der Waals surface area contributed by atoms with Crippen LogP contribution in [0, 0.1) is 11.3 Å². The number of ether oxygens (including phenoxy) is 1. The number of hydrazone groups is 1. The molecule has 0 aliphatic carbocycles. The second-order valence-corrected chi connectivity index (χ2v) is 9.09. The summed E-state index contributed by atoms with van der Waals surface area (Å²) in [5.74, 6) is -4.47. The molecule has 0 bridgehead atoms. The third kappa shape index (κ3) is 5.48. The largest absolute Gasteiger partial charge is 0.459 e. The first-order chi connectivity index (χ1) is 14.4. The Morgan fingerprint density at radius 3 is 2.39 bits per heavy atom. The molecule has 31 heavy (non-hydrogen) atoms. The van der Waals surface area contributed by atoms with Gasteiger partial charge < -0.3 is 4.74 Å². The summed E-state index contributed by atoms with van der Waals surface area (Å²) in [7, 11) is 1.41. The maximum Gasteiger partial charge on any atom is 0.397 e. The smallest absolute Gasteiger partial charge is 0.397 e. The van der Waals surface area contributed by atoms with Gasteiger partial charge in [-0.1, -0.05) is 45.9 Å². The van der Waals surface area contributed by atoms with E-state index in [2.05, 4.69) is 25.9 Å². The number of alkyl halides is 1. The van der Waals surface area contributed by atoms with E-state index in [0.717, 1.165) is 21.9 Å². The molecule has 1 aliphatic rings. The highest BCUT2D eigenvalue weighted by Crippen LogP contribution is 2.37. The molecule has 2 amide bonds. The monoisotopic (exact) mass is 433 g/mol. The van der Waals surface area contributed by atoms with Gasteiger partial charge in [-0.15, -0.1) is 0 Å². The van der Waals surface area contributed by atoms with Crippen LogP contribution in [-0.4, -0.2) is 48.5 Å². The van der Waals surface area contributed by atoms with Gasteiger partial charge in [0.1, 0.15) is 5.92 Å². The van der Waals surface area contributed by atoms with E-state index in [4.69, 9.17) is 4.74 Å². The van der Waals surface area contributed by atoms with Gasteiger partial charge in [0.25, 0.3) is 0 Å². The van der Waals surface area contributed by atoms with E-state index in [1.54, 1.807) is 19.1 Å². The summed E-state index contributed by atoms with van der Waals surface area (Å²) in [5, 5.41) is 5.04. The summed E-state index contributed by atoms with van der Waals surface area (Å²) in [4.78, 5) is 39.6. The maximum absolute atomic E-state index is 14.8. The first kappa shape index (κ1) is 24.5. The number of hydrogen-bond donors (Lipinski definition) is 0. The van der Waals surface area contributed by atoms with E-state index in [-0.39, 0.29) is 29.3 Å². The zero-order chi connectivity index (χ0) is 23.5. The molecule has 0 N–H and O–H groups in total. The lowest BCUT2D eigenvalue weighted by atomic mass is 9.81. The summed E-state index contributed by atoms with van der Waals surface area (Å²) < 4.78 is 19.6. The quantitative estimate of drug-likeness (QED) is 0.400. The van der Waals surface area contributed by atoms with Gasteiger partial charge in [-0.3, -0.25) is 14.6 Å². The summed E-state index contributed by atoms with van der Waals surface area (Å²) in [5.41, 5.74) is 1.21. The number of imide groups is 1. The van der Waals surface area contributed by atoms with Crippen LogP contribution in [0.2, 0.25) is 0 Å². The Balaban J connectivity index is 2.57. The van der Waals surface area contributed by atoms with E-state index in [9.17, 15) is 18.8 Å². The highest BCUT2D eigenvalue weighted by atomic mass is 19.1. The Hall–Kier alpha value is -2.77. The molecule has 1 heterocycles. The average Bonchev–Trinajstić information content (AvgIpc) is 2.92. The van der Waals surface area contributed by atoms with Crippen molar-refractivity contribution in [2.75, 3.05) is 18.6 Å². The number of hydrogen-bond acceptors (Lipinski definition) is 6. The molecule has 8 heteroatoms. The fraction of sp³-hybridized carbons (Fsp3) is 0.565. The second-order valence-electron chi connectivity index (χ2n) is 9.09. The van der Waals surface area contributed by atoms with Crippen LogP contribution in [-0.2, 0) is 19.1 Å². The van der Waals surface area contributed by atoms with Crippen molar-refractivity contribution in [3.63, 3.8) is 0 Å². The lowest BCUT2D eigenvalue weighted by Crippen LogP contribution is -2.49. The fourth-order valence-corrected chi connectivity index (χ4v) is 3.97. The van der Waals surface area contributed by atoms with Crippen LogP contribution in [0.1, 0.15) is 59.4 Å². The van der Waals surface area contributed by atoms with Gasteiger partial charge in [0.15, 0.2) is 0 Å². The molecule has 0 aromatic heterocycles. The van der Waals surface area contributed by atoms with E-state index in [1.807, 2.05) is 19.1 Å². The molecule has 1 aromatic carbocycles. The van der Waals surface area contributed by atoms with Crippen LogP contribution in [0.3, 0.4) is 0 Å². The zero-order valence-corrected chi connectivity index (χ0v) is 19.3. The Bertz CT molecular complexity index is 878. The second kappa shape index (κ2) is 9.58. The number of carbonyl (C=O) groups excluding carboxylic acids is 3. The number of esters is 1. The molecule has 0 saturated carbocycles. The van der Waals surface area contributed by atoms with Crippen LogP contribution < -0.4 is 4.90 Å². The average molecular weight is 434 g/mol. The Morgan fingerprint density at radius 1 is 1.26 bits per heavy atom. The summed E-state index contributed by atoms with van der Waals surface area (Å²) in [6.45, 7) is 11.4. The van der Waals surface area contributed by atoms with Gasteiger partial charge >= 0.3 is 11.9 Å². The van der Waals surface area contributed by atoms with Crippen molar-refractivity contribution >= 4 is 29.2 Å². The van der Waals surface area contributed by atoms with Crippen molar-refractivity contribution in [1.29, 1.82) is 0 Å². The van der Waals surface area contributed by atoms with Crippen molar-refractivity contribution in [1.82, 2.24) is 5.01 Å². The molecule has 170 valence electrons. The predicted octanol–water partition coefficient (Wildman–Crippen LogP) is 3.88. The molecular formula is C23H32FN3O4. The number of para-hydroxylation sites is 1. The molecule has 0 fully saturated rings. The highest BCUT2D eigenvalue weighted by Gasteiger charge is 2.45. The molecule has 7 nitrogen and oxygen atoms in total. The summed E-state index contributed by atoms with van der Waals surface area (Å²) >= 11 is 0. The first-order valence-corrected chi connectivity index (χ1v) is 10.4. The highest BCUT2D eigenvalue weighted by molar-refractivity contribution is 6.44. The van der Waals surface area contributed by atoms with Gasteiger partial charge in [0, 0.05) is 7.05 Å². The van der Waals surface area contributed by atoms with Crippen LogP contribution in [0.4, 0.5) is 10.1 Å². The van der Waals surface area contributed by atoms with Crippen LogP contribution in [0.15, 0.2) is 29.4 Å². The van der Waals surface area contributed by atoms with Crippen molar-refractivity contribution in [3.8, 4) is 0 Å². The molecule has 1 aliphatic heterocycles. The lowest BCUT2D eigenvalue weighted by molar-refractivity contribution is -0.154. The minimum atomic E-state index is -1.73. The van der Waals surface area contributed by atoms with Crippen molar-refractivity contribution < 1.29 is 23.5 Å². The number of halogens is 1. The molecule has 1 aromatic rings. The first-order valence-electron chi connectivity index (χ1n) is 10.4. The van der Waals surface area contributed by atoms with Crippen LogP contribution in [0.25, 0.3) is 0 Å². The van der Waals surface area contributed by atoms with E-state index >= 15 is 0 Å². The predicted molar refractivity (Wildman–Crippen MR) is 117 cm³/mol. The van der Waals surface area contributed by atoms with Crippen LogP contribution >= 0.6 is 0 Å². The van der Waals surface area contributed by atoms with Crippen LogP contribution in [0.5, 0.6) is 0 Å². The number of nitrogens with zero attached hydrogens (tertiary/aromatic N) is 3. The lowest BCUT2D eigenvalue weighted by Gasteiger charge is -2.30. The number of rotatable bonds is 5. The van der Waals surface area contributed by atoms with Gasteiger partial charge in [-0.25, -0.2) is 14.1 Å². The summed E-state index contributed by atoms with van der Waals surface area (Å²) in [6, 6.07) is 6.90. The van der Waals surface area contributed by atoms with Crippen molar-refractivity contribution in [3.05, 3.63) is 29.8 Å². The van der Waals surface area contributed by atoms with E-state index < -0.39 is 30.0 Å².